The molecule has 134 valence electrons. The standard InChI is InChI=1S/C23H18O4/c1-25-21(24)23-20(18-14-8-9-15-19(18)26-23)22(27-23,16-10-4-2-5-11-16)17-12-6-3-7-13-17/h2-15,20H,1H3. The Labute approximate surface area is 157 Å². The summed E-state index contributed by atoms with van der Waals surface area (Å²) in [6, 6.07) is 27.6. The lowest BCUT2D eigenvalue weighted by Crippen LogP contribution is -2.69. The molecular formula is C23H18O4. The summed E-state index contributed by atoms with van der Waals surface area (Å²) in [5.74, 6) is -1.68. The molecule has 4 heteroatoms. The van der Waals surface area contributed by atoms with Crippen LogP contribution in [0.3, 0.4) is 0 Å². The SMILES string of the molecule is COC(=O)C12Oc3ccccc3C1C(c1ccccc1)(c1ccccc1)O2. The molecule has 2 aliphatic rings. The van der Waals surface area contributed by atoms with Crippen LogP contribution in [0.4, 0.5) is 0 Å². The summed E-state index contributed by atoms with van der Waals surface area (Å²) in [7, 11) is 1.36. The smallest absolute Gasteiger partial charge is 0.380 e. The Morgan fingerprint density at radius 3 is 2.00 bits per heavy atom. The predicted molar refractivity (Wildman–Crippen MR) is 99.3 cm³/mol. The van der Waals surface area contributed by atoms with E-state index >= 15 is 0 Å². The predicted octanol–water partition coefficient (Wildman–Crippen LogP) is 4.01. The first-order chi connectivity index (χ1) is 13.2. The van der Waals surface area contributed by atoms with Crippen molar-refractivity contribution in [3.05, 3.63) is 102 Å². The normalized spacial score (nSPS) is 24.1. The number of rotatable bonds is 3. The zero-order chi connectivity index (χ0) is 18.5. The van der Waals surface area contributed by atoms with Gasteiger partial charge in [-0.15, -0.1) is 0 Å². The number of para-hydroxylation sites is 1. The van der Waals surface area contributed by atoms with Crippen molar-refractivity contribution in [2.75, 3.05) is 7.11 Å². The lowest BCUT2D eigenvalue weighted by atomic mass is 9.65. The van der Waals surface area contributed by atoms with Crippen molar-refractivity contribution < 1.29 is 19.0 Å². The second-order valence-electron chi connectivity index (χ2n) is 6.80. The third kappa shape index (κ3) is 1.99. The largest absolute Gasteiger partial charge is 0.464 e. The van der Waals surface area contributed by atoms with E-state index in [4.69, 9.17) is 14.2 Å². The molecule has 2 heterocycles. The Balaban J connectivity index is 1.78. The first-order valence-corrected chi connectivity index (χ1v) is 8.90. The summed E-state index contributed by atoms with van der Waals surface area (Å²) in [4.78, 5) is 12.7. The summed E-state index contributed by atoms with van der Waals surface area (Å²) in [6.45, 7) is 0. The van der Waals surface area contributed by atoms with Crippen molar-refractivity contribution >= 4 is 5.97 Å². The maximum Gasteiger partial charge on any atom is 0.380 e. The summed E-state index contributed by atoms with van der Waals surface area (Å²) < 4.78 is 17.6. The van der Waals surface area contributed by atoms with E-state index in [0.717, 1.165) is 16.7 Å². The van der Waals surface area contributed by atoms with Crippen LogP contribution in [-0.4, -0.2) is 18.9 Å². The zero-order valence-electron chi connectivity index (χ0n) is 14.8. The van der Waals surface area contributed by atoms with E-state index in [9.17, 15) is 4.79 Å². The fourth-order valence-electron chi connectivity index (χ4n) is 4.38. The molecule has 0 bridgehead atoms. The van der Waals surface area contributed by atoms with Gasteiger partial charge < -0.3 is 14.2 Å². The number of hydrogen-bond acceptors (Lipinski definition) is 4. The molecule has 4 nitrogen and oxygen atoms in total. The fourth-order valence-corrected chi connectivity index (χ4v) is 4.38. The minimum atomic E-state index is -1.47. The molecule has 2 aliphatic heterocycles. The fraction of sp³-hybridized carbons (Fsp3) is 0.174. The van der Waals surface area contributed by atoms with Crippen LogP contribution < -0.4 is 4.74 Å². The minimum absolute atomic E-state index is 0.349. The second-order valence-corrected chi connectivity index (χ2v) is 6.80. The van der Waals surface area contributed by atoms with Gasteiger partial charge >= 0.3 is 11.8 Å². The van der Waals surface area contributed by atoms with Crippen molar-refractivity contribution in [3.63, 3.8) is 0 Å². The number of carbonyl (C=O) groups excluding carboxylic acids is 1. The number of methoxy groups -OCH3 is 1. The Hall–Kier alpha value is -3.11. The topological polar surface area (TPSA) is 44.8 Å². The van der Waals surface area contributed by atoms with Gasteiger partial charge in [-0.05, 0) is 17.2 Å². The van der Waals surface area contributed by atoms with Gasteiger partial charge in [0.1, 0.15) is 17.3 Å². The van der Waals surface area contributed by atoms with Gasteiger partial charge in [-0.25, -0.2) is 4.79 Å². The average molecular weight is 358 g/mol. The molecule has 0 radical (unpaired) electrons. The quantitative estimate of drug-likeness (QED) is 0.664. The number of esters is 1. The molecule has 1 fully saturated rings. The van der Waals surface area contributed by atoms with E-state index in [-0.39, 0.29) is 5.92 Å². The van der Waals surface area contributed by atoms with Gasteiger partial charge in [-0.3, -0.25) is 0 Å². The second kappa shape index (κ2) is 5.69. The zero-order valence-corrected chi connectivity index (χ0v) is 14.8. The van der Waals surface area contributed by atoms with Crippen molar-refractivity contribution in [2.45, 2.75) is 17.3 Å². The molecule has 3 aromatic rings. The van der Waals surface area contributed by atoms with E-state index in [1.54, 1.807) is 0 Å². The van der Waals surface area contributed by atoms with Crippen LogP contribution in [0.1, 0.15) is 22.6 Å². The summed E-state index contributed by atoms with van der Waals surface area (Å²) in [5, 5.41) is 0. The first-order valence-electron chi connectivity index (χ1n) is 8.90. The molecular weight excluding hydrogens is 340 g/mol. The summed E-state index contributed by atoms with van der Waals surface area (Å²) in [6.07, 6.45) is 0. The van der Waals surface area contributed by atoms with Crippen LogP contribution in [0.25, 0.3) is 0 Å². The highest BCUT2D eigenvalue weighted by Gasteiger charge is 2.77. The van der Waals surface area contributed by atoms with Crippen LogP contribution in [0.15, 0.2) is 84.9 Å². The van der Waals surface area contributed by atoms with E-state index < -0.39 is 17.4 Å². The maximum absolute atomic E-state index is 12.7. The van der Waals surface area contributed by atoms with E-state index in [1.807, 2.05) is 84.9 Å². The van der Waals surface area contributed by atoms with Gasteiger partial charge in [0.05, 0.1) is 7.11 Å². The van der Waals surface area contributed by atoms with Crippen LogP contribution in [0.5, 0.6) is 5.75 Å². The molecule has 2 unspecified atom stereocenters. The average Bonchev–Trinajstić information content (AvgIpc) is 2.99. The maximum atomic E-state index is 12.7. The van der Waals surface area contributed by atoms with Gasteiger partial charge in [-0.2, -0.15) is 0 Å². The number of fused-ring (bicyclic) bond motifs is 3. The van der Waals surface area contributed by atoms with E-state index in [0.29, 0.717) is 5.75 Å². The Morgan fingerprint density at radius 1 is 0.852 bits per heavy atom. The molecule has 27 heavy (non-hydrogen) atoms. The van der Waals surface area contributed by atoms with Crippen LogP contribution >= 0.6 is 0 Å². The Bertz CT molecular complexity index is 960. The first kappa shape index (κ1) is 16.1. The van der Waals surface area contributed by atoms with Crippen LogP contribution in [0.2, 0.25) is 0 Å². The molecule has 1 saturated heterocycles. The highest BCUT2D eigenvalue weighted by atomic mass is 16.8. The van der Waals surface area contributed by atoms with Crippen molar-refractivity contribution in [3.8, 4) is 5.75 Å². The Kier molecular flexibility index (Phi) is 3.39. The highest BCUT2D eigenvalue weighted by molar-refractivity contribution is 5.84. The molecule has 2 atom stereocenters. The van der Waals surface area contributed by atoms with E-state index in [1.165, 1.54) is 7.11 Å². The molecule has 5 rings (SSSR count). The molecule has 0 aromatic heterocycles. The molecule has 0 amide bonds. The summed E-state index contributed by atoms with van der Waals surface area (Å²) in [5.41, 5.74) is 2.06. The van der Waals surface area contributed by atoms with Gasteiger partial charge in [-0.1, -0.05) is 78.9 Å². The number of ether oxygens (including phenoxy) is 3. The van der Waals surface area contributed by atoms with Crippen LogP contribution in [0, 0.1) is 0 Å². The van der Waals surface area contributed by atoms with Gasteiger partial charge in [0.2, 0.25) is 0 Å². The summed E-state index contributed by atoms with van der Waals surface area (Å²) >= 11 is 0. The van der Waals surface area contributed by atoms with Crippen molar-refractivity contribution in [1.82, 2.24) is 0 Å². The van der Waals surface area contributed by atoms with Crippen molar-refractivity contribution in [2.24, 2.45) is 0 Å². The van der Waals surface area contributed by atoms with Crippen LogP contribution in [-0.2, 0) is 19.9 Å². The Morgan fingerprint density at radius 2 is 1.41 bits per heavy atom. The number of benzene rings is 3. The number of hydrogen-bond donors (Lipinski definition) is 0. The van der Waals surface area contributed by atoms with Gasteiger partial charge in [0, 0.05) is 5.56 Å². The monoisotopic (exact) mass is 358 g/mol. The lowest BCUT2D eigenvalue weighted by molar-refractivity contribution is -0.340. The molecule has 0 spiro atoms. The molecule has 0 N–H and O–H groups in total. The highest BCUT2D eigenvalue weighted by Crippen LogP contribution is 2.67. The molecule has 0 saturated carbocycles. The lowest BCUT2D eigenvalue weighted by Gasteiger charge is -2.56. The third-order valence-corrected chi connectivity index (χ3v) is 5.47. The van der Waals surface area contributed by atoms with E-state index in [2.05, 4.69) is 0 Å². The van der Waals surface area contributed by atoms with Crippen molar-refractivity contribution in [1.29, 1.82) is 0 Å². The van der Waals surface area contributed by atoms with Gasteiger partial charge in [0.15, 0.2) is 0 Å². The molecule has 0 aliphatic carbocycles. The number of carbonyl (C=O) groups is 1. The van der Waals surface area contributed by atoms with Gasteiger partial charge in [0.25, 0.3) is 0 Å². The minimum Gasteiger partial charge on any atom is -0.464 e. The molecule has 3 aromatic carbocycles. The third-order valence-electron chi connectivity index (χ3n) is 5.47.